The molecule has 0 spiro atoms. The van der Waals surface area contributed by atoms with E-state index in [-0.39, 0.29) is 11.5 Å². The lowest BCUT2D eigenvalue weighted by molar-refractivity contribution is 0.0954. The Balaban J connectivity index is 1.49. The van der Waals surface area contributed by atoms with E-state index in [0.717, 1.165) is 5.56 Å². The van der Waals surface area contributed by atoms with Crippen LogP contribution < -0.4 is 16.0 Å². The van der Waals surface area contributed by atoms with Crippen LogP contribution >= 0.6 is 0 Å². The largest absolute Gasteiger partial charge is 0.368 e. The van der Waals surface area contributed by atoms with Crippen LogP contribution in [0.5, 0.6) is 0 Å². The number of hydrogen-bond donors (Lipinski definition) is 3. The Hall–Kier alpha value is -3.55. The molecule has 7 nitrogen and oxygen atoms in total. The molecule has 138 valence electrons. The summed E-state index contributed by atoms with van der Waals surface area (Å²) in [6.07, 6.45) is 3.16. The molecule has 0 aliphatic rings. The monoisotopic (exact) mass is 366 g/mol. The van der Waals surface area contributed by atoms with Gasteiger partial charge in [-0.3, -0.25) is 4.79 Å². The van der Waals surface area contributed by atoms with Crippen molar-refractivity contribution in [2.24, 2.45) is 0 Å². The van der Waals surface area contributed by atoms with Crippen LogP contribution in [-0.2, 0) is 0 Å². The zero-order valence-electron chi connectivity index (χ0n) is 14.7. The highest BCUT2D eigenvalue weighted by atomic mass is 19.1. The topological polar surface area (TPSA) is 91.8 Å². The van der Waals surface area contributed by atoms with Crippen LogP contribution in [-0.4, -0.2) is 33.9 Å². The third-order valence-electron chi connectivity index (χ3n) is 3.64. The van der Waals surface area contributed by atoms with E-state index in [2.05, 4.69) is 30.9 Å². The van der Waals surface area contributed by atoms with Crippen LogP contribution in [0.1, 0.15) is 15.9 Å². The number of pyridine rings is 1. The van der Waals surface area contributed by atoms with Gasteiger partial charge < -0.3 is 16.0 Å². The first-order valence-corrected chi connectivity index (χ1v) is 8.39. The van der Waals surface area contributed by atoms with Crippen molar-refractivity contribution in [2.75, 3.05) is 23.7 Å². The molecule has 8 heteroatoms. The number of aryl methyl sites for hydroxylation is 1. The van der Waals surface area contributed by atoms with Crippen molar-refractivity contribution in [3.05, 3.63) is 71.9 Å². The van der Waals surface area contributed by atoms with Crippen molar-refractivity contribution in [1.82, 2.24) is 20.3 Å². The predicted octanol–water partition coefficient (Wildman–Crippen LogP) is 2.90. The van der Waals surface area contributed by atoms with E-state index in [1.54, 1.807) is 18.3 Å². The number of hydrogen-bond acceptors (Lipinski definition) is 6. The van der Waals surface area contributed by atoms with Crippen LogP contribution in [0.15, 0.2) is 55.0 Å². The molecule has 27 heavy (non-hydrogen) atoms. The summed E-state index contributed by atoms with van der Waals surface area (Å²) in [6, 6.07) is 11.1. The fraction of sp³-hybridized carbons (Fsp3) is 0.158. The fourth-order valence-electron chi connectivity index (χ4n) is 2.36. The fourth-order valence-corrected chi connectivity index (χ4v) is 2.36. The SMILES string of the molecule is Cc1ccnc(Nc2cc(NCCNC(=O)c3cccc(F)c3)ncn2)c1. The molecule has 3 rings (SSSR count). The molecule has 1 amide bonds. The number of anilines is 3. The number of aromatic nitrogens is 3. The molecule has 0 radical (unpaired) electrons. The summed E-state index contributed by atoms with van der Waals surface area (Å²) in [7, 11) is 0. The molecule has 0 aliphatic heterocycles. The molecular weight excluding hydrogens is 347 g/mol. The average molecular weight is 366 g/mol. The van der Waals surface area contributed by atoms with Crippen molar-refractivity contribution in [3.63, 3.8) is 0 Å². The maximum absolute atomic E-state index is 13.1. The van der Waals surface area contributed by atoms with E-state index in [0.29, 0.717) is 30.5 Å². The molecule has 0 atom stereocenters. The Morgan fingerprint density at radius 1 is 1.00 bits per heavy atom. The molecule has 0 fully saturated rings. The lowest BCUT2D eigenvalue weighted by Crippen LogP contribution is -2.28. The van der Waals surface area contributed by atoms with Crippen molar-refractivity contribution in [3.8, 4) is 0 Å². The number of benzene rings is 1. The zero-order valence-corrected chi connectivity index (χ0v) is 14.7. The number of carbonyl (C=O) groups is 1. The van der Waals surface area contributed by atoms with Gasteiger partial charge in [0.2, 0.25) is 0 Å². The number of nitrogens with zero attached hydrogens (tertiary/aromatic N) is 3. The van der Waals surface area contributed by atoms with Gasteiger partial charge in [-0.2, -0.15) is 0 Å². The number of rotatable bonds is 7. The van der Waals surface area contributed by atoms with Crippen LogP contribution in [0, 0.1) is 12.7 Å². The molecule has 0 saturated heterocycles. The van der Waals surface area contributed by atoms with Gasteiger partial charge in [-0.25, -0.2) is 19.3 Å². The number of halogens is 1. The molecule has 1 aromatic carbocycles. The smallest absolute Gasteiger partial charge is 0.251 e. The molecule has 0 bridgehead atoms. The zero-order chi connectivity index (χ0) is 19.1. The average Bonchev–Trinajstić information content (AvgIpc) is 2.65. The van der Waals surface area contributed by atoms with Gasteiger partial charge in [-0.05, 0) is 42.8 Å². The predicted molar refractivity (Wildman–Crippen MR) is 102 cm³/mol. The normalized spacial score (nSPS) is 10.3. The van der Waals surface area contributed by atoms with Crippen molar-refractivity contribution < 1.29 is 9.18 Å². The molecular formula is C19H19FN6O. The summed E-state index contributed by atoms with van der Waals surface area (Å²) >= 11 is 0. The van der Waals surface area contributed by atoms with Crippen LogP contribution in [0.2, 0.25) is 0 Å². The highest BCUT2D eigenvalue weighted by Crippen LogP contribution is 2.14. The Bertz CT molecular complexity index is 933. The molecule has 2 heterocycles. The molecule has 2 aromatic heterocycles. The minimum atomic E-state index is -0.440. The first-order chi connectivity index (χ1) is 13.1. The maximum atomic E-state index is 13.1. The second kappa shape index (κ2) is 8.70. The van der Waals surface area contributed by atoms with E-state index in [1.165, 1.54) is 24.5 Å². The second-order valence-corrected chi connectivity index (χ2v) is 5.82. The Morgan fingerprint density at radius 3 is 2.63 bits per heavy atom. The van der Waals surface area contributed by atoms with Gasteiger partial charge in [0.25, 0.3) is 5.91 Å². The Labute approximate surface area is 156 Å². The molecule has 0 saturated carbocycles. The van der Waals surface area contributed by atoms with Gasteiger partial charge in [-0.1, -0.05) is 6.07 Å². The van der Waals surface area contributed by atoms with Gasteiger partial charge in [0.1, 0.15) is 29.6 Å². The van der Waals surface area contributed by atoms with Crippen molar-refractivity contribution >= 4 is 23.4 Å². The van der Waals surface area contributed by atoms with Gasteiger partial charge in [0, 0.05) is 30.9 Å². The van der Waals surface area contributed by atoms with Crippen LogP contribution in [0.3, 0.4) is 0 Å². The lowest BCUT2D eigenvalue weighted by atomic mass is 10.2. The summed E-state index contributed by atoms with van der Waals surface area (Å²) in [5.41, 5.74) is 1.38. The quantitative estimate of drug-likeness (QED) is 0.557. The number of amides is 1. The van der Waals surface area contributed by atoms with E-state index in [1.807, 2.05) is 19.1 Å². The maximum Gasteiger partial charge on any atom is 0.251 e. The standard InChI is InChI=1S/C19H19FN6O/c1-13-5-6-21-17(9-13)26-18-11-16(24-12-25-18)22-7-8-23-19(27)14-3-2-4-15(20)10-14/h2-6,9-12H,7-8H2,1H3,(H,23,27)(H2,21,22,24,25,26). The lowest BCUT2D eigenvalue weighted by Gasteiger charge is -2.09. The molecule has 3 aromatic rings. The molecule has 0 aliphatic carbocycles. The van der Waals surface area contributed by atoms with Gasteiger partial charge in [0.05, 0.1) is 0 Å². The van der Waals surface area contributed by atoms with Crippen LogP contribution in [0.25, 0.3) is 0 Å². The summed E-state index contributed by atoms with van der Waals surface area (Å²) < 4.78 is 13.1. The summed E-state index contributed by atoms with van der Waals surface area (Å²) in [6.45, 7) is 2.81. The Morgan fingerprint density at radius 2 is 1.81 bits per heavy atom. The van der Waals surface area contributed by atoms with Gasteiger partial charge >= 0.3 is 0 Å². The first kappa shape index (κ1) is 18.2. The minimum Gasteiger partial charge on any atom is -0.368 e. The number of nitrogens with one attached hydrogen (secondary N) is 3. The minimum absolute atomic E-state index is 0.286. The Kier molecular flexibility index (Phi) is 5.88. The summed E-state index contributed by atoms with van der Waals surface area (Å²) in [4.78, 5) is 24.5. The van der Waals surface area contributed by atoms with Gasteiger partial charge in [0.15, 0.2) is 0 Å². The van der Waals surface area contributed by atoms with E-state index < -0.39 is 5.82 Å². The second-order valence-electron chi connectivity index (χ2n) is 5.82. The van der Waals surface area contributed by atoms with E-state index >= 15 is 0 Å². The van der Waals surface area contributed by atoms with Gasteiger partial charge in [-0.15, -0.1) is 0 Å². The molecule has 3 N–H and O–H groups in total. The van der Waals surface area contributed by atoms with Crippen molar-refractivity contribution in [1.29, 1.82) is 0 Å². The van der Waals surface area contributed by atoms with E-state index in [4.69, 9.17) is 0 Å². The number of carbonyl (C=O) groups excluding carboxylic acids is 1. The van der Waals surface area contributed by atoms with Crippen LogP contribution in [0.4, 0.5) is 21.8 Å². The summed E-state index contributed by atoms with van der Waals surface area (Å²) in [5.74, 6) is 1.15. The highest BCUT2D eigenvalue weighted by Gasteiger charge is 2.06. The van der Waals surface area contributed by atoms with E-state index in [9.17, 15) is 9.18 Å². The third-order valence-corrected chi connectivity index (χ3v) is 3.64. The molecule has 0 unspecified atom stereocenters. The third kappa shape index (κ3) is 5.46. The van der Waals surface area contributed by atoms with Crippen molar-refractivity contribution in [2.45, 2.75) is 6.92 Å². The summed E-state index contributed by atoms with van der Waals surface area (Å²) in [5, 5.41) is 8.93. The highest BCUT2D eigenvalue weighted by molar-refractivity contribution is 5.94. The first-order valence-electron chi connectivity index (χ1n) is 8.39.